The van der Waals surface area contributed by atoms with Gasteiger partial charge in [-0.1, -0.05) is 18.7 Å². The first kappa shape index (κ1) is 45.0. The maximum Gasteiger partial charge on any atom is 0.338 e. The first-order valence-electron chi connectivity index (χ1n) is 19.8. The van der Waals surface area contributed by atoms with Crippen LogP contribution in [-0.2, 0) is 9.47 Å². The number of esters is 1. The number of rotatable bonds is 9. The molecular formula is C45H50O17. The Morgan fingerprint density at radius 1 is 0.790 bits per heavy atom. The van der Waals surface area contributed by atoms with Gasteiger partial charge in [0.05, 0.1) is 30.5 Å². The van der Waals surface area contributed by atoms with E-state index < -0.39 is 77.4 Å². The summed E-state index contributed by atoms with van der Waals surface area (Å²) in [5.74, 6) is -6.21. The average molecular weight is 863 g/mol. The van der Waals surface area contributed by atoms with Gasteiger partial charge in [0, 0.05) is 36.0 Å². The molecule has 0 spiro atoms. The zero-order chi connectivity index (χ0) is 45.2. The predicted octanol–water partition coefficient (Wildman–Crippen LogP) is 5.54. The molecule has 1 aliphatic carbocycles. The monoisotopic (exact) mass is 862 g/mol. The first-order chi connectivity index (χ1) is 29.4. The molecule has 2 fully saturated rings. The summed E-state index contributed by atoms with van der Waals surface area (Å²) in [5, 5.41) is 130. The molecule has 17 nitrogen and oxygen atoms in total. The maximum atomic E-state index is 11.9. The smallest absolute Gasteiger partial charge is 0.338 e. The van der Waals surface area contributed by atoms with Crippen molar-refractivity contribution in [1.29, 1.82) is 0 Å². The van der Waals surface area contributed by atoms with Crippen LogP contribution in [0.3, 0.4) is 0 Å². The van der Waals surface area contributed by atoms with Crippen LogP contribution in [0.1, 0.15) is 84.2 Å². The number of hydrogen-bond donors (Lipinski definition) is 13. The summed E-state index contributed by atoms with van der Waals surface area (Å²) in [4.78, 5) is 11.9. The van der Waals surface area contributed by atoms with Gasteiger partial charge in [0.15, 0.2) is 46.4 Å². The molecule has 1 saturated heterocycles. The molecule has 2 aliphatic heterocycles. The third-order valence-corrected chi connectivity index (χ3v) is 11.5. The van der Waals surface area contributed by atoms with Crippen LogP contribution in [0, 0.1) is 11.8 Å². The van der Waals surface area contributed by atoms with Crippen molar-refractivity contribution in [2.45, 2.75) is 81.6 Å². The van der Waals surface area contributed by atoms with Gasteiger partial charge in [0.1, 0.15) is 35.2 Å². The molecule has 0 bridgehead atoms. The van der Waals surface area contributed by atoms with Crippen molar-refractivity contribution in [1.82, 2.24) is 0 Å². The highest BCUT2D eigenvalue weighted by atomic mass is 16.5. The Morgan fingerprint density at radius 3 is 2.03 bits per heavy atom. The second-order valence-electron chi connectivity index (χ2n) is 15.7. The Balaban J connectivity index is 0.000000248. The molecule has 332 valence electrons. The van der Waals surface area contributed by atoms with Gasteiger partial charge in [0.25, 0.3) is 0 Å². The third kappa shape index (κ3) is 9.50. The van der Waals surface area contributed by atoms with E-state index >= 15 is 0 Å². The number of aliphatic hydroxyl groups is 4. The predicted molar refractivity (Wildman–Crippen MR) is 218 cm³/mol. The van der Waals surface area contributed by atoms with Crippen LogP contribution in [-0.4, -0.2) is 103 Å². The van der Waals surface area contributed by atoms with Crippen LogP contribution >= 0.6 is 0 Å². The molecule has 4 aromatic carbocycles. The molecular weight excluding hydrogens is 812 g/mol. The zero-order valence-electron chi connectivity index (χ0n) is 33.4. The van der Waals surface area contributed by atoms with Crippen LogP contribution in [0.4, 0.5) is 0 Å². The minimum atomic E-state index is -1.31. The molecule has 2 heterocycles. The van der Waals surface area contributed by atoms with Crippen LogP contribution in [0.25, 0.3) is 0 Å². The summed E-state index contributed by atoms with van der Waals surface area (Å²) in [7, 11) is 0. The number of phenolic OH excluding ortho intramolecular Hbond substituents is 9. The SMILES string of the molecule is C=C(CC(C)OC(=O)c1cc(O)c(O)c(O)c1)/C(O)=C\CO.Oc1cc(O)c2c(c1)OC(c1ccc(O)c(O)c1)C(O)[C@H]2C1C(O)CCC2CCC(c3ccc(O)c(O)c3)OC21. The van der Waals surface area contributed by atoms with Gasteiger partial charge in [0.2, 0.25) is 0 Å². The van der Waals surface area contributed by atoms with Crippen LogP contribution in [0.5, 0.6) is 57.5 Å². The lowest BCUT2D eigenvalue weighted by molar-refractivity contribution is -0.175. The van der Waals surface area contributed by atoms with E-state index in [0.29, 0.717) is 30.4 Å². The van der Waals surface area contributed by atoms with Crippen molar-refractivity contribution in [3.8, 4) is 57.5 Å². The Hall–Kier alpha value is -6.53. The van der Waals surface area contributed by atoms with E-state index in [9.17, 15) is 66.1 Å². The van der Waals surface area contributed by atoms with Gasteiger partial charge in [-0.15, -0.1) is 0 Å². The van der Waals surface area contributed by atoms with E-state index in [4.69, 9.17) is 19.3 Å². The Labute approximate surface area is 355 Å². The van der Waals surface area contributed by atoms with Crippen molar-refractivity contribution < 1.29 is 85.4 Å². The molecule has 62 heavy (non-hydrogen) atoms. The number of benzene rings is 4. The van der Waals surface area contributed by atoms with Gasteiger partial charge >= 0.3 is 5.97 Å². The first-order valence-corrected chi connectivity index (χ1v) is 19.8. The lowest BCUT2D eigenvalue weighted by Crippen LogP contribution is -2.53. The molecule has 0 amide bonds. The molecule has 13 N–H and O–H groups in total. The molecule has 9 atom stereocenters. The number of fused-ring (bicyclic) bond motifs is 2. The van der Waals surface area contributed by atoms with Crippen LogP contribution < -0.4 is 4.74 Å². The maximum absolute atomic E-state index is 11.9. The van der Waals surface area contributed by atoms with Crippen molar-refractivity contribution in [2.24, 2.45) is 11.8 Å². The molecule has 1 saturated carbocycles. The topological polar surface area (TPSA) is 308 Å². The number of aromatic hydroxyl groups is 9. The fourth-order valence-electron chi connectivity index (χ4n) is 8.53. The number of carbonyl (C=O) groups excluding carboxylic acids is 1. The van der Waals surface area contributed by atoms with Crippen molar-refractivity contribution in [2.75, 3.05) is 6.61 Å². The molecule has 17 heteroatoms. The number of aliphatic hydroxyl groups excluding tert-OH is 4. The number of ether oxygens (including phenoxy) is 3. The van der Waals surface area contributed by atoms with E-state index in [1.807, 2.05) is 0 Å². The van der Waals surface area contributed by atoms with E-state index in [-0.39, 0.29) is 75.9 Å². The highest BCUT2D eigenvalue weighted by Crippen LogP contribution is 2.56. The molecule has 0 radical (unpaired) electrons. The fraction of sp³-hybridized carbons (Fsp3) is 0.356. The highest BCUT2D eigenvalue weighted by molar-refractivity contribution is 5.91. The summed E-state index contributed by atoms with van der Waals surface area (Å²) in [5.41, 5.74) is 1.41. The normalized spacial score (nSPS) is 24.9. The van der Waals surface area contributed by atoms with E-state index in [2.05, 4.69) is 6.58 Å². The lowest BCUT2D eigenvalue weighted by Gasteiger charge is -2.51. The molecule has 8 unspecified atom stereocenters. The Morgan fingerprint density at radius 2 is 1.40 bits per heavy atom. The summed E-state index contributed by atoms with van der Waals surface area (Å²) < 4.78 is 17.7. The highest BCUT2D eigenvalue weighted by Gasteiger charge is 2.53. The minimum absolute atomic E-state index is 0.0595. The fourth-order valence-corrected chi connectivity index (χ4v) is 8.53. The molecule has 7 rings (SSSR count). The number of phenols is 9. The average Bonchev–Trinajstić information content (AvgIpc) is 3.22. The number of hydrogen-bond acceptors (Lipinski definition) is 17. The quantitative estimate of drug-likeness (QED) is 0.0425. The summed E-state index contributed by atoms with van der Waals surface area (Å²) in [6.45, 7) is 4.82. The van der Waals surface area contributed by atoms with Crippen LogP contribution in [0.2, 0.25) is 0 Å². The lowest BCUT2D eigenvalue weighted by atomic mass is 9.64. The second kappa shape index (κ2) is 18.6. The van der Waals surface area contributed by atoms with E-state index in [0.717, 1.165) is 30.7 Å². The summed E-state index contributed by atoms with van der Waals surface area (Å²) >= 11 is 0. The largest absolute Gasteiger partial charge is 0.508 e. The third-order valence-electron chi connectivity index (χ3n) is 11.5. The van der Waals surface area contributed by atoms with Crippen molar-refractivity contribution in [3.63, 3.8) is 0 Å². The van der Waals surface area contributed by atoms with Crippen molar-refractivity contribution >= 4 is 5.97 Å². The standard InChI is InChI=1S/C30H32O10.C15H18O7/c31-16-11-22(37)25-24(12-16)40-30(15-3-6-18(33)21(36)10-15)28(38)27(25)26-19(34)7-1-13-4-8-23(39-29(13)26)14-2-5-17(32)20(35)9-14;1-8(11(17)3-4-16)5-9(2)22-15(21)10-6-12(18)14(20)13(19)7-10/h2-3,5-6,9-13,19,23,26-38H,1,4,7-8H2;3,6-7,9,16-20H,1,4-5H2,2H3/b;11-3+/t13?,19?,23?,26?,27-,28?,29?,30?;/m1./s1. The van der Waals surface area contributed by atoms with E-state index in [1.165, 1.54) is 36.4 Å². The van der Waals surface area contributed by atoms with Gasteiger partial charge in [-0.05, 0) is 97.7 Å². The van der Waals surface area contributed by atoms with Crippen LogP contribution in [0.15, 0.2) is 84.7 Å². The Kier molecular flexibility index (Phi) is 13.5. The zero-order valence-corrected chi connectivity index (χ0v) is 33.4. The second-order valence-corrected chi connectivity index (χ2v) is 15.7. The number of allylic oxidation sites excluding steroid dienone is 1. The Bertz CT molecular complexity index is 2300. The molecule has 3 aliphatic rings. The van der Waals surface area contributed by atoms with Gasteiger partial charge in [-0.25, -0.2) is 4.79 Å². The van der Waals surface area contributed by atoms with Gasteiger partial charge < -0.3 is 80.6 Å². The van der Waals surface area contributed by atoms with Gasteiger partial charge in [-0.2, -0.15) is 0 Å². The van der Waals surface area contributed by atoms with Crippen molar-refractivity contribution in [3.05, 3.63) is 107 Å². The minimum Gasteiger partial charge on any atom is -0.508 e. The molecule has 4 aromatic rings. The number of carbonyl (C=O) groups is 1. The van der Waals surface area contributed by atoms with Gasteiger partial charge in [-0.3, -0.25) is 0 Å². The molecule has 0 aromatic heterocycles. The summed E-state index contributed by atoms with van der Waals surface area (Å²) in [6.07, 6.45) is -1.01. The summed E-state index contributed by atoms with van der Waals surface area (Å²) in [6, 6.07) is 13.0. The van der Waals surface area contributed by atoms with E-state index in [1.54, 1.807) is 13.0 Å².